The summed E-state index contributed by atoms with van der Waals surface area (Å²) in [5.74, 6) is -0.406. The predicted octanol–water partition coefficient (Wildman–Crippen LogP) is 6.57. The first-order valence-electron chi connectivity index (χ1n) is 7.73. The molecular weight excluding hydrogens is 389 g/mol. The minimum Gasteiger partial charge on any atom is -0.465 e. The average molecular weight is 404 g/mol. The number of methoxy groups -OCH3 is 1. The summed E-state index contributed by atoms with van der Waals surface area (Å²) in [7, 11) is 1.36. The zero-order valence-electron chi connectivity index (χ0n) is 13.8. The Balaban J connectivity index is 1.93. The molecular formula is C20H15Cl2NO2S. The van der Waals surface area contributed by atoms with Gasteiger partial charge in [-0.2, -0.15) is 0 Å². The molecule has 0 unspecified atom stereocenters. The van der Waals surface area contributed by atoms with E-state index in [0.29, 0.717) is 21.3 Å². The molecule has 0 radical (unpaired) electrons. The van der Waals surface area contributed by atoms with Crippen LogP contribution in [0.1, 0.15) is 10.4 Å². The molecule has 0 aliphatic rings. The lowest BCUT2D eigenvalue weighted by molar-refractivity contribution is 0.0602. The largest absolute Gasteiger partial charge is 0.465 e. The van der Waals surface area contributed by atoms with Gasteiger partial charge in [-0.25, -0.2) is 4.79 Å². The second-order valence-corrected chi connectivity index (χ2v) is 7.18. The lowest BCUT2D eigenvalue weighted by atomic mass is 10.0. The Morgan fingerprint density at radius 2 is 1.62 bits per heavy atom. The summed E-state index contributed by atoms with van der Waals surface area (Å²) in [6.07, 6.45) is 0. The molecule has 0 atom stereocenters. The first-order valence-corrected chi connectivity index (χ1v) is 9.31. The zero-order chi connectivity index (χ0) is 18.5. The fourth-order valence-electron chi connectivity index (χ4n) is 2.43. The maximum Gasteiger partial charge on any atom is 0.339 e. The van der Waals surface area contributed by atoms with Gasteiger partial charge in [-0.3, -0.25) is 0 Å². The molecule has 0 amide bonds. The highest BCUT2D eigenvalue weighted by Gasteiger charge is 2.14. The predicted molar refractivity (Wildman–Crippen MR) is 109 cm³/mol. The second-order valence-electron chi connectivity index (χ2n) is 5.43. The first-order chi connectivity index (χ1) is 12.6. The zero-order valence-corrected chi connectivity index (χ0v) is 16.2. The molecule has 0 aliphatic carbocycles. The van der Waals surface area contributed by atoms with Crippen molar-refractivity contribution in [1.29, 1.82) is 0 Å². The third-order valence-electron chi connectivity index (χ3n) is 3.65. The molecule has 3 aromatic carbocycles. The van der Waals surface area contributed by atoms with Crippen molar-refractivity contribution in [1.82, 2.24) is 0 Å². The smallest absolute Gasteiger partial charge is 0.339 e. The number of carbonyl (C=O) groups excluding carboxylic acids is 1. The lowest BCUT2D eigenvalue weighted by Crippen LogP contribution is -2.05. The molecule has 0 spiro atoms. The number of hydrogen-bond donors (Lipinski definition) is 1. The van der Waals surface area contributed by atoms with E-state index in [-0.39, 0.29) is 0 Å². The molecule has 3 rings (SSSR count). The second kappa shape index (κ2) is 8.49. The molecule has 0 saturated carbocycles. The van der Waals surface area contributed by atoms with Crippen molar-refractivity contribution < 1.29 is 9.53 Å². The number of ether oxygens (including phenoxy) is 1. The van der Waals surface area contributed by atoms with Gasteiger partial charge in [0.2, 0.25) is 0 Å². The summed E-state index contributed by atoms with van der Waals surface area (Å²) in [6.45, 7) is 0. The number of esters is 1. The summed E-state index contributed by atoms with van der Waals surface area (Å²) < 4.78 is 8.09. The fraction of sp³-hybridized carbons (Fsp3) is 0.0500. The van der Waals surface area contributed by atoms with Crippen molar-refractivity contribution in [2.24, 2.45) is 0 Å². The Bertz CT molecular complexity index is 912. The molecule has 3 nitrogen and oxygen atoms in total. The van der Waals surface area contributed by atoms with Crippen LogP contribution in [0.4, 0.5) is 5.69 Å². The van der Waals surface area contributed by atoms with Crippen molar-refractivity contribution in [3.05, 3.63) is 82.3 Å². The Hall–Kier alpha value is -2.14. The van der Waals surface area contributed by atoms with Crippen LogP contribution in [0.15, 0.2) is 71.6 Å². The van der Waals surface area contributed by atoms with Crippen LogP contribution in [0.3, 0.4) is 0 Å². The van der Waals surface area contributed by atoms with E-state index in [1.165, 1.54) is 19.1 Å². The van der Waals surface area contributed by atoms with Crippen molar-refractivity contribution in [3.8, 4) is 11.1 Å². The van der Waals surface area contributed by atoms with Crippen molar-refractivity contribution in [3.63, 3.8) is 0 Å². The molecule has 0 heterocycles. The minimum atomic E-state index is -0.406. The summed E-state index contributed by atoms with van der Waals surface area (Å²) in [5.41, 5.74) is 3.15. The number of carbonyl (C=O) groups is 1. The number of nitrogens with one attached hydrogen (secondary N) is 1. The van der Waals surface area contributed by atoms with Gasteiger partial charge in [-0.05, 0) is 53.4 Å². The number of rotatable bonds is 5. The van der Waals surface area contributed by atoms with Crippen molar-refractivity contribution in [2.45, 2.75) is 4.90 Å². The molecule has 0 aromatic heterocycles. The number of benzene rings is 3. The van der Waals surface area contributed by atoms with Crippen LogP contribution in [0.5, 0.6) is 0 Å². The van der Waals surface area contributed by atoms with E-state index in [4.69, 9.17) is 27.9 Å². The van der Waals surface area contributed by atoms with E-state index in [0.717, 1.165) is 16.0 Å². The van der Waals surface area contributed by atoms with Crippen LogP contribution >= 0.6 is 35.1 Å². The highest BCUT2D eigenvalue weighted by Crippen LogP contribution is 2.31. The van der Waals surface area contributed by atoms with Gasteiger partial charge in [-0.1, -0.05) is 59.6 Å². The van der Waals surface area contributed by atoms with Gasteiger partial charge < -0.3 is 9.46 Å². The van der Waals surface area contributed by atoms with Gasteiger partial charge >= 0.3 is 5.97 Å². The number of halogens is 2. The summed E-state index contributed by atoms with van der Waals surface area (Å²) in [6, 6.07) is 20.8. The van der Waals surface area contributed by atoms with Crippen molar-refractivity contribution in [2.75, 3.05) is 11.8 Å². The molecule has 3 aromatic rings. The van der Waals surface area contributed by atoms with E-state index in [1.54, 1.807) is 24.3 Å². The Kier molecular flexibility index (Phi) is 6.09. The van der Waals surface area contributed by atoms with Crippen LogP contribution in [-0.4, -0.2) is 13.1 Å². The van der Waals surface area contributed by atoms with Crippen LogP contribution < -0.4 is 4.72 Å². The van der Waals surface area contributed by atoms with Crippen molar-refractivity contribution >= 4 is 46.8 Å². The standard InChI is InChI=1S/C20H15Cl2NO2S/c1-25-20(24)18-8-7-14(13-5-3-2-4-6-13)9-19(18)23-26-17-11-15(21)10-16(22)12-17/h2-12,23H,1H3. The van der Waals surface area contributed by atoms with Gasteiger partial charge in [-0.15, -0.1) is 0 Å². The normalized spacial score (nSPS) is 10.4. The lowest BCUT2D eigenvalue weighted by Gasteiger charge is -2.13. The number of anilines is 1. The number of hydrogen-bond acceptors (Lipinski definition) is 4. The minimum absolute atomic E-state index is 0.406. The summed E-state index contributed by atoms with van der Waals surface area (Å²) in [4.78, 5) is 12.9. The van der Waals surface area contributed by atoms with Crippen LogP contribution in [-0.2, 0) is 4.74 Å². The average Bonchev–Trinajstić information content (AvgIpc) is 2.65. The molecule has 0 bridgehead atoms. The van der Waals surface area contributed by atoms with Crippen LogP contribution in [0.25, 0.3) is 11.1 Å². The Morgan fingerprint density at radius 3 is 2.27 bits per heavy atom. The molecule has 1 N–H and O–H groups in total. The third kappa shape index (κ3) is 4.52. The third-order valence-corrected chi connectivity index (χ3v) is 4.88. The maximum absolute atomic E-state index is 12.1. The van der Waals surface area contributed by atoms with Gasteiger partial charge in [0.15, 0.2) is 0 Å². The Morgan fingerprint density at radius 1 is 0.923 bits per heavy atom. The SMILES string of the molecule is COC(=O)c1ccc(-c2ccccc2)cc1NSc1cc(Cl)cc(Cl)c1. The summed E-state index contributed by atoms with van der Waals surface area (Å²) >= 11 is 13.4. The van der Waals surface area contributed by atoms with E-state index in [2.05, 4.69) is 4.72 Å². The highest BCUT2D eigenvalue weighted by atomic mass is 35.5. The topological polar surface area (TPSA) is 38.3 Å². The van der Waals surface area contributed by atoms with E-state index < -0.39 is 5.97 Å². The quantitative estimate of drug-likeness (QED) is 0.386. The summed E-state index contributed by atoms with van der Waals surface area (Å²) in [5, 5.41) is 1.10. The molecule has 6 heteroatoms. The van der Waals surface area contributed by atoms with Gasteiger partial charge in [0.25, 0.3) is 0 Å². The first kappa shape index (κ1) is 18.6. The Labute approximate surface area is 166 Å². The molecule has 0 fully saturated rings. The van der Waals surface area contributed by atoms with Gasteiger partial charge in [0, 0.05) is 14.9 Å². The van der Waals surface area contributed by atoms with Crippen LogP contribution in [0, 0.1) is 0 Å². The van der Waals surface area contributed by atoms with E-state index in [1.807, 2.05) is 42.5 Å². The van der Waals surface area contributed by atoms with Crippen LogP contribution in [0.2, 0.25) is 10.0 Å². The molecule has 26 heavy (non-hydrogen) atoms. The molecule has 132 valence electrons. The molecule has 0 aliphatic heterocycles. The van der Waals surface area contributed by atoms with Gasteiger partial charge in [0.05, 0.1) is 18.4 Å². The van der Waals surface area contributed by atoms with Gasteiger partial charge in [0.1, 0.15) is 0 Å². The van der Waals surface area contributed by atoms with E-state index >= 15 is 0 Å². The van der Waals surface area contributed by atoms with E-state index in [9.17, 15) is 4.79 Å². The molecule has 0 saturated heterocycles. The maximum atomic E-state index is 12.1. The highest BCUT2D eigenvalue weighted by molar-refractivity contribution is 8.00. The monoisotopic (exact) mass is 403 g/mol. The fourth-order valence-corrected chi connectivity index (χ4v) is 3.85.